The van der Waals surface area contributed by atoms with Crippen molar-refractivity contribution in [1.82, 2.24) is 15.2 Å². The molecule has 2 aromatic rings. The fourth-order valence-electron chi connectivity index (χ4n) is 2.91. The molecular weight excluding hydrogens is 321 g/mol. The van der Waals surface area contributed by atoms with Crippen molar-refractivity contribution in [3.63, 3.8) is 0 Å². The molecule has 1 atom stereocenters. The fourth-order valence-corrected chi connectivity index (χ4v) is 2.91. The lowest BCUT2D eigenvalue weighted by atomic mass is 10.0. The maximum atomic E-state index is 14.1. The van der Waals surface area contributed by atoms with E-state index in [4.69, 9.17) is 0 Å². The van der Waals surface area contributed by atoms with Crippen LogP contribution in [0.1, 0.15) is 22.8 Å². The second-order valence-electron chi connectivity index (χ2n) is 5.82. The minimum atomic E-state index is -0.518. The molecule has 1 saturated heterocycles. The number of rotatable bonds is 1. The van der Waals surface area contributed by atoms with Gasteiger partial charge in [-0.15, -0.1) is 12.4 Å². The molecule has 2 N–H and O–H groups in total. The van der Waals surface area contributed by atoms with E-state index in [1.165, 1.54) is 12.1 Å². The van der Waals surface area contributed by atoms with Crippen molar-refractivity contribution < 1.29 is 9.18 Å². The Balaban J connectivity index is 0.00000192. The first kappa shape index (κ1) is 17.4. The van der Waals surface area contributed by atoms with Crippen molar-refractivity contribution in [3.05, 3.63) is 45.5 Å². The second kappa shape index (κ2) is 6.68. The molecular formula is C16H19ClFN3O2. The number of halogens is 2. The Morgan fingerprint density at radius 3 is 2.78 bits per heavy atom. The molecule has 1 amide bonds. The van der Waals surface area contributed by atoms with Gasteiger partial charge in [-0.25, -0.2) is 4.39 Å². The van der Waals surface area contributed by atoms with Gasteiger partial charge in [0.2, 0.25) is 5.56 Å². The SMILES string of the molecule is Cc1cc(F)c2[nH]c(=O)cc(C(=O)N3CCN[C@H](C)C3)c2c1.Cl. The van der Waals surface area contributed by atoms with Crippen molar-refractivity contribution in [2.24, 2.45) is 0 Å². The summed E-state index contributed by atoms with van der Waals surface area (Å²) >= 11 is 0. The molecule has 1 fully saturated rings. The summed E-state index contributed by atoms with van der Waals surface area (Å²) in [5, 5.41) is 3.72. The van der Waals surface area contributed by atoms with Gasteiger partial charge in [-0.2, -0.15) is 0 Å². The summed E-state index contributed by atoms with van der Waals surface area (Å²) in [7, 11) is 0. The highest BCUT2D eigenvalue weighted by atomic mass is 35.5. The van der Waals surface area contributed by atoms with Gasteiger partial charge < -0.3 is 15.2 Å². The molecule has 5 nitrogen and oxygen atoms in total. The highest BCUT2D eigenvalue weighted by molar-refractivity contribution is 6.06. The molecule has 0 saturated carbocycles. The van der Waals surface area contributed by atoms with Gasteiger partial charge in [0, 0.05) is 37.1 Å². The molecule has 23 heavy (non-hydrogen) atoms. The maximum Gasteiger partial charge on any atom is 0.254 e. The monoisotopic (exact) mass is 339 g/mol. The number of pyridine rings is 1. The standard InChI is InChI=1S/C16H18FN3O2.ClH/c1-9-5-11-12(7-14(21)19-15(11)13(17)6-9)16(22)20-4-3-18-10(2)8-20;/h5-7,10,18H,3-4,8H2,1-2H3,(H,19,21);1H/t10-;/m1./s1. The molecule has 1 aromatic heterocycles. The van der Waals surface area contributed by atoms with E-state index in [0.717, 1.165) is 0 Å². The number of aromatic amines is 1. The van der Waals surface area contributed by atoms with Crippen LogP contribution in [0, 0.1) is 12.7 Å². The quantitative estimate of drug-likeness (QED) is 0.833. The van der Waals surface area contributed by atoms with Gasteiger partial charge in [0.25, 0.3) is 5.91 Å². The summed E-state index contributed by atoms with van der Waals surface area (Å²) in [4.78, 5) is 28.7. The molecule has 7 heteroatoms. The third-order valence-corrected chi connectivity index (χ3v) is 3.93. The van der Waals surface area contributed by atoms with E-state index in [9.17, 15) is 14.0 Å². The summed E-state index contributed by atoms with van der Waals surface area (Å²) in [6.45, 7) is 5.61. The first-order valence-corrected chi connectivity index (χ1v) is 7.31. The van der Waals surface area contributed by atoms with Crippen LogP contribution in [0.2, 0.25) is 0 Å². The Kier molecular flexibility index (Phi) is 5.06. The number of benzene rings is 1. The number of carbonyl (C=O) groups excluding carboxylic acids is 1. The number of piperazine rings is 1. The minimum absolute atomic E-state index is 0. The molecule has 0 radical (unpaired) electrons. The van der Waals surface area contributed by atoms with E-state index in [1.54, 1.807) is 17.9 Å². The Morgan fingerprint density at radius 1 is 1.35 bits per heavy atom. The largest absolute Gasteiger partial charge is 0.336 e. The molecule has 1 aliphatic rings. The Morgan fingerprint density at radius 2 is 2.09 bits per heavy atom. The molecule has 1 aromatic carbocycles. The van der Waals surface area contributed by atoms with Gasteiger partial charge in [-0.1, -0.05) is 0 Å². The summed E-state index contributed by atoms with van der Waals surface area (Å²) in [5.41, 5.74) is 0.585. The zero-order chi connectivity index (χ0) is 15.9. The zero-order valence-corrected chi connectivity index (χ0v) is 13.8. The van der Waals surface area contributed by atoms with Crippen molar-refractivity contribution in [3.8, 4) is 0 Å². The van der Waals surface area contributed by atoms with Gasteiger partial charge in [0.15, 0.2) is 0 Å². The summed E-state index contributed by atoms with van der Waals surface area (Å²) in [6.07, 6.45) is 0. The number of nitrogens with zero attached hydrogens (tertiary/aromatic N) is 1. The smallest absolute Gasteiger partial charge is 0.254 e. The topological polar surface area (TPSA) is 65.2 Å². The Hall–Kier alpha value is -1.92. The van der Waals surface area contributed by atoms with Gasteiger partial charge in [0.1, 0.15) is 5.82 Å². The van der Waals surface area contributed by atoms with Crippen LogP contribution in [0.5, 0.6) is 0 Å². The number of fused-ring (bicyclic) bond motifs is 1. The minimum Gasteiger partial charge on any atom is -0.336 e. The maximum absolute atomic E-state index is 14.1. The second-order valence-corrected chi connectivity index (χ2v) is 5.82. The molecule has 0 bridgehead atoms. The molecule has 0 unspecified atom stereocenters. The van der Waals surface area contributed by atoms with Crippen molar-refractivity contribution in [1.29, 1.82) is 0 Å². The van der Waals surface area contributed by atoms with E-state index in [0.29, 0.717) is 30.6 Å². The van der Waals surface area contributed by atoms with E-state index >= 15 is 0 Å². The first-order chi connectivity index (χ1) is 10.5. The van der Waals surface area contributed by atoms with Crippen LogP contribution in [0.25, 0.3) is 10.9 Å². The lowest BCUT2D eigenvalue weighted by Crippen LogP contribution is -2.51. The van der Waals surface area contributed by atoms with Crippen molar-refractivity contribution >= 4 is 29.2 Å². The molecule has 0 spiro atoms. The fraction of sp³-hybridized carbons (Fsp3) is 0.375. The third kappa shape index (κ3) is 3.38. The Labute approximate surface area is 139 Å². The average molecular weight is 340 g/mol. The van der Waals surface area contributed by atoms with Gasteiger partial charge in [-0.05, 0) is 31.5 Å². The van der Waals surface area contributed by atoms with Gasteiger partial charge in [-0.3, -0.25) is 9.59 Å². The van der Waals surface area contributed by atoms with Crippen LogP contribution in [0.15, 0.2) is 23.0 Å². The van der Waals surface area contributed by atoms with Crippen LogP contribution >= 0.6 is 12.4 Å². The molecule has 2 heterocycles. The number of nitrogens with one attached hydrogen (secondary N) is 2. The zero-order valence-electron chi connectivity index (χ0n) is 13.0. The number of H-pyrrole nitrogens is 1. The van der Waals surface area contributed by atoms with Crippen LogP contribution in [0.4, 0.5) is 4.39 Å². The third-order valence-electron chi connectivity index (χ3n) is 3.93. The van der Waals surface area contributed by atoms with Gasteiger partial charge >= 0.3 is 0 Å². The van der Waals surface area contributed by atoms with Gasteiger partial charge in [0.05, 0.1) is 11.1 Å². The highest BCUT2D eigenvalue weighted by Crippen LogP contribution is 2.22. The van der Waals surface area contributed by atoms with E-state index in [-0.39, 0.29) is 35.4 Å². The molecule has 0 aliphatic carbocycles. The number of aromatic nitrogens is 1. The summed E-state index contributed by atoms with van der Waals surface area (Å²) < 4.78 is 14.1. The van der Waals surface area contributed by atoms with E-state index in [2.05, 4.69) is 10.3 Å². The lowest BCUT2D eigenvalue weighted by Gasteiger charge is -2.32. The predicted molar refractivity (Wildman–Crippen MR) is 89.9 cm³/mol. The first-order valence-electron chi connectivity index (χ1n) is 7.31. The molecule has 3 rings (SSSR count). The van der Waals surface area contributed by atoms with Crippen LogP contribution in [0.3, 0.4) is 0 Å². The van der Waals surface area contributed by atoms with Crippen molar-refractivity contribution in [2.75, 3.05) is 19.6 Å². The molecule has 1 aliphatic heterocycles. The number of carbonyl (C=O) groups is 1. The number of hydrogen-bond acceptors (Lipinski definition) is 3. The Bertz CT molecular complexity index is 806. The highest BCUT2D eigenvalue weighted by Gasteiger charge is 2.24. The normalized spacial score (nSPS) is 17.9. The number of hydrogen-bond donors (Lipinski definition) is 2. The number of aryl methyl sites for hydroxylation is 1. The summed E-state index contributed by atoms with van der Waals surface area (Å²) in [5.74, 6) is -0.745. The van der Waals surface area contributed by atoms with Crippen LogP contribution in [-0.4, -0.2) is 41.5 Å². The van der Waals surface area contributed by atoms with Crippen molar-refractivity contribution in [2.45, 2.75) is 19.9 Å². The van der Waals surface area contributed by atoms with E-state index in [1.807, 2.05) is 6.92 Å². The summed E-state index contributed by atoms with van der Waals surface area (Å²) in [6, 6.07) is 4.53. The number of amides is 1. The predicted octanol–water partition coefficient (Wildman–Crippen LogP) is 1.83. The van der Waals surface area contributed by atoms with Crippen LogP contribution in [-0.2, 0) is 0 Å². The van der Waals surface area contributed by atoms with Crippen LogP contribution < -0.4 is 10.9 Å². The van der Waals surface area contributed by atoms with E-state index < -0.39 is 11.4 Å². The average Bonchev–Trinajstić information content (AvgIpc) is 2.47. The lowest BCUT2D eigenvalue weighted by molar-refractivity contribution is 0.0711. The molecule has 124 valence electrons.